The fourth-order valence-electron chi connectivity index (χ4n) is 2.90. The largest absolute Gasteiger partial charge is 0.420 e. The topological polar surface area (TPSA) is 103 Å². The molecular weight excluding hydrogens is 368 g/mol. The first-order chi connectivity index (χ1) is 13.2. The van der Waals surface area contributed by atoms with Crippen LogP contribution in [-0.4, -0.2) is 20.6 Å². The highest BCUT2D eigenvalue weighted by Crippen LogP contribution is 2.40. The van der Waals surface area contributed by atoms with Crippen molar-refractivity contribution in [1.82, 2.24) is 14.7 Å². The average Bonchev–Trinajstić information content (AvgIpc) is 3.08. The molecule has 0 radical (unpaired) electrons. The van der Waals surface area contributed by atoms with Crippen LogP contribution in [0.1, 0.15) is 24.6 Å². The molecule has 0 unspecified atom stereocenters. The number of benzene rings is 1. The predicted molar refractivity (Wildman–Crippen MR) is 98.7 cm³/mol. The minimum atomic E-state index is -0.567. The normalized spacial score (nSPS) is 13.9. The highest BCUT2D eigenvalue weighted by atomic mass is 32.1. The van der Waals surface area contributed by atoms with Crippen molar-refractivity contribution in [3.63, 3.8) is 0 Å². The standard InChI is InChI=1S/C18H14N4O4S/c23-14(9-22-12-3-1-2-4-13(12)25-18(22)24)19-11-7-8-27-15(11)17-20-16(21-26-17)10-5-6-10/h1-4,7-8,10H,5-6,9H2,(H,19,23). The molecule has 3 aromatic heterocycles. The average molecular weight is 382 g/mol. The van der Waals surface area contributed by atoms with E-state index < -0.39 is 5.76 Å². The number of nitrogens with one attached hydrogen (secondary N) is 1. The van der Waals surface area contributed by atoms with Crippen LogP contribution in [0.2, 0.25) is 0 Å². The van der Waals surface area contributed by atoms with Crippen molar-refractivity contribution in [3.05, 3.63) is 52.1 Å². The second kappa shape index (κ2) is 6.20. The molecule has 9 heteroatoms. The maximum absolute atomic E-state index is 12.5. The molecule has 0 bridgehead atoms. The number of para-hydroxylation sites is 2. The third-order valence-corrected chi connectivity index (χ3v) is 5.30. The van der Waals surface area contributed by atoms with E-state index in [1.807, 2.05) is 5.38 Å². The lowest BCUT2D eigenvalue weighted by Crippen LogP contribution is -2.24. The van der Waals surface area contributed by atoms with Crippen molar-refractivity contribution in [1.29, 1.82) is 0 Å². The van der Waals surface area contributed by atoms with Gasteiger partial charge in [0.05, 0.1) is 11.2 Å². The number of hydrogen-bond donors (Lipinski definition) is 1. The Morgan fingerprint density at radius 1 is 1.30 bits per heavy atom. The van der Waals surface area contributed by atoms with Gasteiger partial charge in [0.15, 0.2) is 11.4 Å². The fraction of sp³-hybridized carbons (Fsp3) is 0.222. The second-order valence-corrected chi connectivity index (χ2v) is 7.28. The van der Waals surface area contributed by atoms with Gasteiger partial charge in [-0.3, -0.25) is 9.36 Å². The molecule has 1 amide bonds. The number of amides is 1. The zero-order valence-electron chi connectivity index (χ0n) is 14.0. The van der Waals surface area contributed by atoms with Crippen LogP contribution in [0.15, 0.2) is 49.4 Å². The molecule has 1 aliphatic carbocycles. The molecule has 0 atom stereocenters. The molecule has 27 heavy (non-hydrogen) atoms. The zero-order chi connectivity index (χ0) is 18.4. The summed E-state index contributed by atoms with van der Waals surface area (Å²) in [5, 5.41) is 8.67. The first kappa shape index (κ1) is 16.0. The van der Waals surface area contributed by atoms with Crippen molar-refractivity contribution in [3.8, 4) is 10.8 Å². The lowest BCUT2D eigenvalue weighted by Gasteiger charge is -2.05. The molecule has 0 spiro atoms. The summed E-state index contributed by atoms with van der Waals surface area (Å²) in [7, 11) is 0. The van der Waals surface area contributed by atoms with Crippen LogP contribution in [0.25, 0.3) is 21.9 Å². The van der Waals surface area contributed by atoms with E-state index in [2.05, 4.69) is 15.5 Å². The minimum Gasteiger partial charge on any atom is -0.408 e. The second-order valence-electron chi connectivity index (χ2n) is 6.37. The number of carbonyl (C=O) groups excluding carboxylic acids is 1. The summed E-state index contributed by atoms with van der Waals surface area (Å²) >= 11 is 1.41. The van der Waals surface area contributed by atoms with Crippen LogP contribution in [0.4, 0.5) is 5.69 Å². The van der Waals surface area contributed by atoms with Crippen molar-refractivity contribution in [2.75, 3.05) is 5.32 Å². The van der Waals surface area contributed by atoms with E-state index in [9.17, 15) is 9.59 Å². The SMILES string of the molecule is O=C(Cn1c(=O)oc2ccccc21)Nc1ccsc1-c1nc(C2CC2)no1. The lowest BCUT2D eigenvalue weighted by molar-refractivity contribution is -0.116. The van der Waals surface area contributed by atoms with E-state index in [1.165, 1.54) is 15.9 Å². The molecule has 5 rings (SSSR count). The van der Waals surface area contributed by atoms with Crippen LogP contribution in [0, 0.1) is 0 Å². The van der Waals surface area contributed by atoms with Gasteiger partial charge < -0.3 is 14.3 Å². The van der Waals surface area contributed by atoms with E-state index >= 15 is 0 Å². The van der Waals surface area contributed by atoms with Crippen LogP contribution in [-0.2, 0) is 11.3 Å². The van der Waals surface area contributed by atoms with Crippen molar-refractivity contribution in [2.45, 2.75) is 25.3 Å². The Kier molecular flexibility index (Phi) is 3.68. The molecule has 0 aliphatic heterocycles. The van der Waals surface area contributed by atoms with E-state index in [-0.39, 0.29) is 12.5 Å². The van der Waals surface area contributed by atoms with E-state index in [0.29, 0.717) is 39.3 Å². The number of nitrogens with zero attached hydrogens (tertiary/aromatic N) is 3. The molecule has 4 aromatic rings. The summed E-state index contributed by atoms with van der Waals surface area (Å²) in [6, 6.07) is 8.76. The first-order valence-corrected chi connectivity index (χ1v) is 9.37. The minimum absolute atomic E-state index is 0.151. The highest BCUT2D eigenvalue weighted by Gasteiger charge is 2.29. The highest BCUT2D eigenvalue weighted by molar-refractivity contribution is 7.14. The Hall–Kier alpha value is -3.20. The van der Waals surface area contributed by atoms with Crippen molar-refractivity contribution in [2.24, 2.45) is 0 Å². The molecule has 1 N–H and O–H groups in total. The summed E-state index contributed by atoms with van der Waals surface area (Å²) < 4.78 is 11.8. The molecule has 136 valence electrons. The van der Waals surface area contributed by atoms with E-state index in [4.69, 9.17) is 8.94 Å². The van der Waals surface area contributed by atoms with Gasteiger partial charge in [0.2, 0.25) is 5.91 Å². The Balaban J connectivity index is 1.37. The van der Waals surface area contributed by atoms with Gasteiger partial charge in [0.1, 0.15) is 11.4 Å². The molecular formula is C18H14N4O4S. The van der Waals surface area contributed by atoms with Gasteiger partial charge in [-0.1, -0.05) is 17.3 Å². The maximum Gasteiger partial charge on any atom is 0.420 e. The number of thiophene rings is 1. The molecule has 1 saturated carbocycles. The zero-order valence-corrected chi connectivity index (χ0v) is 14.9. The maximum atomic E-state index is 12.5. The predicted octanol–water partition coefficient (Wildman–Crippen LogP) is 3.22. The Morgan fingerprint density at radius 2 is 2.15 bits per heavy atom. The van der Waals surface area contributed by atoms with Gasteiger partial charge in [0, 0.05) is 5.92 Å². The van der Waals surface area contributed by atoms with Gasteiger partial charge in [-0.15, -0.1) is 11.3 Å². The Labute approximate surface area is 156 Å². The molecule has 8 nitrogen and oxygen atoms in total. The number of fused-ring (bicyclic) bond motifs is 1. The summed E-state index contributed by atoms with van der Waals surface area (Å²) in [5.74, 6) is 0.593. The number of hydrogen-bond acceptors (Lipinski definition) is 7. The number of anilines is 1. The summed E-state index contributed by atoms with van der Waals surface area (Å²) in [6.45, 7) is -0.151. The molecule has 0 saturated heterocycles. The van der Waals surface area contributed by atoms with Gasteiger partial charge in [-0.2, -0.15) is 4.98 Å². The summed E-state index contributed by atoms with van der Waals surface area (Å²) in [5.41, 5.74) is 1.61. The third-order valence-electron chi connectivity index (χ3n) is 4.39. The van der Waals surface area contributed by atoms with E-state index in [0.717, 1.165) is 12.8 Å². The van der Waals surface area contributed by atoms with Crippen molar-refractivity contribution < 1.29 is 13.7 Å². The van der Waals surface area contributed by atoms with Crippen LogP contribution in [0.5, 0.6) is 0 Å². The summed E-state index contributed by atoms with van der Waals surface area (Å²) in [6.07, 6.45) is 2.17. The van der Waals surface area contributed by atoms with Gasteiger partial charge in [-0.05, 0) is 36.4 Å². The Morgan fingerprint density at radius 3 is 3.00 bits per heavy atom. The molecule has 1 aromatic carbocycles. The molecule has 1 aliphatic rings. The molecule has 1 fully saturated rings. The number of oxazole rings is 1. The van der Waals surface area contributed by atoms with Crippen LogP contribution < -0.4 is 11.1 Å². The van der Waals surface area contributed by atoms with Crippen molar-refractivity contribution >= 4 is 34.0 Å². The van der Waals surface area contributed by atoms with Gasteiger partial charge in [-0.25, -0.2) is 4.79 Å². The smallest absolute Gasteiger partial charge is 0.408 e. The third kappa shape index (κ3) is 2.95. The summed E-state index contributed by atoms with van der Waals surface area (Å²) in [4.78, 5) is 29.7. The van der Waals surface area contributed by atoms with Gasteiger partial charge in [0.25, 0.3) is 5.89 Å². The number of aromatic nitrogens is 3. The van der Waals surface area contributed by atoms with Gasteiger partial charge >= 0.3 is 5.76 Å². The number of carbonyl (C=O) groups is 1. The van der Waals surface area contributed by atoms with Crippen LogP contribution in [0.3, 0.4) is 0 Å². The monoisotopic (exact) mass is 382 g/mol. The van der Waals surface area contributed by atoms with Crippen LogP contribution >= 0.6 is 11.3 Å². The quantitative estimate of drug-likeness (QED) is 0.568. The number of rotatable bonds is 5. The van der Waals surface area contributed by atoms with E-state index in [1.54, 1.807) is 30.3 Å². The molecule has 3 heterocycles. The first-order valence-electron chi connectivity index (χ1n) is 8.49. The lowest BCUT2D eigenvalue weighted by atomic mass is 10.3. The Bertz CT molecular complexity index is 1200. The fourth-order valence-corrected chi connectivity index (χ4v) is 3.67.